The van der Waals surface area contributed by atoms with E-state index in [1.165, 1.54) is 18.9 Å². The SMILES string of the molecule is NC1CC1.O=C(CC1CC1)c1ccc2c(n1)N(C(=O)Nc1ccccn1)[C@H]1CCCN2C1.O=C(O)c1ccc2c(n1)N(C(=O)Nc1ccccn1)[C@H]1CCCN2C1. The Kier molecular flexibility index (Phi) is 10.9. The number of carbonyl (C=O) groups is 4. The number of carboxylic acids is 1. The van der Waals surface area contributed by atoms with Crippen LogP contribution in [0.5, 0.6) is 0 Å². The number of hydrogen-bond donors (Lipinski definition) is 4. The molecule has 4 aliphatic heterocycles. The Labute approximate surface area is 330 Å². The number of aromatic nitrogens is 4. The summed E-state index contributed by atoms with van der Waals surface area (Å²) in [6.07, 6.45) is 12.4. The monoisotopic (exact) mass is 773 g/mol. The third kappa shape index (κ3) is 8.80. The van der Waals surface area contributed by atoms with E-state index in [4.69, 9.17) is 5.73 Å². The van der Waals surface area contributed by atoms with Crippen molar-refractivity contribution in [3.63, 3.8) is 0 Å². The van der Waals surface area contributed by atoms with Gasteiger partial charge in [0.2, 0.25) is 0 Å². The second-order valence-corrected chi connectivity index (χ2v) is 15.3. The highest BCUT2D eigenvalue weighted by Gasteiger charge is 2.40. The van der Waals surface area contributed by atoms with Crippen molar-refractivity contribution < 1.29 is 24.3 Å². The van der Waals surface area contributed by atoms with E-state index in [1.54, 1.807) is 52.5 Å². The summed E-state index contributed by atoms with van der Waals surface area (Å²) in [6.45, 7) is 3.35. The number of aromatic carboxylic acids is 1. The maximum absolute atomic E-state index is 13.1. The number of nitrogens with zero attached hydrogens (tertiary/aromatic N) is 8. The number of anilines is 6. The Hall–Kier alpha value is -6.16. The molecule has 0 radical (unpaired) electrons. The van der Waals surface area contributed by atoms with Gasteiger partial charge in [0.1, 0.15) is 17.3 Å². The topological polar surface area (TPSA) is 203 Å². The van der Waals surface area contributed by atoms with Crippen molar-refractivity contribution >= 4 is 58.5 Å². The number of carboxylic acid groups (broad SMARTS) is 1. The molecule has 2 atom stereocenters. The van der Waals surface area contributed by atoms with Gasteiger partial charge < -0.3 is 20.6 Å². The molecular formula is C41H47N11O5. The lowest BCUT2D eigenvalue weighted by molar-refractivity contribution is 0.0690. The maximum Gasteiger partial charge on any atom is 0.354 e. The van der Waals surface area contributed by atoms with E-state index in [2.05, 4.69) is 40.4 Å². The van der Waals surface area contributed by atoms with Crippen LogP contribution in [0.2, 0.25) is 0 Å². The Morgan fingerprint density at radius 3 is 1.60 bits per heavy atom. The van der Waals surface area contributed by atoms with Gasteiger partial charge in [-0.15, -0.1) is 0 Å². The molecule has 0 unspecified atom stereocenters. The van der Waals surface area contributed by atoms with E-state index in [9.17, 15) is 24.3 Å². The summed E-state index contributed by atoms with van der Waals surface area (Å²) in [5.41, 5.74) is 7.32. The number of ketones is 1. The number of fused-ring (bicyclic) bond motifs is 8. The van der Waals surface area contributed by atoms with E-state index in [1.807, 2.05) is 24.3 Å². The van der Waals surface area contributed by atoms with Crippen LogP contribution in [0.4, 0.5) is 44.2 Å². The minimum atomic E-state index is -1.11. The van der Waals surface area contributed by atoms with E-state index in [0.717, 1.165) is 76.1 Å². The van der Waals surface area contributed by atoms with Gasteiger partial charge in [0, 0.05) is 51.0 Å². The number of hydrogen-bond acceptors (Lipinski definition) is 11. The Morgan fingerprint density at radius 1 is 0.667 bits per heavy atom. The number of pyridine rings is 4. The molecule has 296 valence electrons. The normalized spacial score (nSPS) is 20.0. The van der Waals surface area contributed by atoms with Crippen LogP contribution in [0.25, 0.3) is 0 Å². The van der Waals surface area contributed by atoms with Crippen molar-refractivity contribution in [1.82, 2.24) is 19.9 Å². The van der Waals surface area contributed by atoms with Gasteiger partial charge in [0.25, 0.3) is 0 Å². The third-order valence-electron chi connectivity index (χ3n) is 10.9. The first-order chi connectivity index (χ1) is 27.7. The quantitative estimate of drug-likeness (QED) is 0.172. The fourth-order valence-corrected chi connectivity index (χ4v) is 7.64. The van der Waals surface area contributed by atoms with Gasteiger partial charge in [0.05, 0.1) is 23.5 Å². The molecule has 2 saturated carbocycles. The molecule has 4 aromatic rings. The Bertz CT molecular complexity index is 2110. The number of Topliss-reactive ketones (excluding diaryl/α,β-unsaturated/α-hetero) is 1. The van der Waals surface area contributed by atoms with E-state index < -0.39 is 5.97 Å². The average Bonchev–Trinajstić information content (AvgIpc) is 4.18. The highest BCUT2D eigenvalue weighted by atomic mass is 16.4. The largest absolute Gasteiger partial charge is 0.477 e. The molecule has 10 rings (SSSR count). The van der Waals surface area contributed by atoms with Gasteiger partial charge in [-0.05, 0) is 106 Å². The molecule has 2 saturated heterocycles. The van der Waals surface area contributed by atoms with Crippen molar-refractivity contribution in [2.24, 2.45) is 11.7 Å². The van der Waals surface area contributed by atoms with Crippen molar-refractivity contribution in [1.29, 1.82) is 0 Å². The second kappa shape index (κ2) is 16.5. The fraction of sp³-hybridized carbons (Fsp3) is 0.415. The molecule has 4 bridgehead atoms. The first-order valence-corrected chi connectivity index (χ1v) is 19.8. The molecule has 8 heterocycles. The number of amides is 4. The number of urea groups is 2. The molecule has 16 nitrogen and oxygen atoms in total. The van der Waals surface area contributed by atoms with Gasteiger partial charge >= 0.3 is 18.0 Å². The van der Waals surface area contributed by atoms with Crippen molar-refractivity contribution in [2.75, 3.05) is 56.4 Å². The fourth-order valence-electron chi connectivity index (χ4n) is 7.64. The molecule has 4 aromatic heterocycles. The molecule has 2 aliphatic carbocycles. The number of nitrogens with two attached hydrogens (primary N) is 1. The minimum absolute atomic E-state index is 0.0403. The van der Waals surface area contributed by atoms with Crippen LogP contribution in [0.1, 0.15) is 78.8 Å². The van der Waals surface area contributed by atoms with Crippen LogP contribution in [-0.4, -0.2) is 93.2 Å². The summed E-state index contributed by atoms with van der Waals surface area (Å²) >= 11 is 0. The molecule has 4 amide bonds. The van der Waals surface area contributed by atoms with E-state index >= 15 is 0 Å². The summed E-state index contributed by atoms with van der Waals surface area (Å²) in [5.74, 6) is 1.40. The number of nitrogens with one attached hydrogen (secondary N) is 2. The highest BCUT2D eigenvalue weighted by molar-refractivity contribution is 6.05. The zero-order chi connectivity index (χ0) is 39.5. The lowest BCUT2D eigenvalue weighted by Gasteiger charge is -2.45. The molecule has 5 N–H and O–H groups in total. The molecule has 0 aromatic carbocycles. The summed E-state index contributed by atoms with van der Waals surface area (Å²) in [6, 6.07) is 17.6. The molecule has 16 heteroatoms. The Balaban J connectivity index is 0.000000146. The zero-order valence-electron chi connectivity index (χ0n) is 31.7. The van der Waals surface area contributed by atoms with Crippen LogP contribution < -0.4 is 36.0 Å². The third-order valence-corrected chi connectivity index (χ3v) is 10.9. The van der Waals surface area contributed by atoms with E-state index in [-0.39, 0.29) is 35.6 Å². The summed E-state index contributed by atoms with van der Waals surface area (Å²) < 4.78 is 0. The van der Waals surface area contributed by atoms with Gasteiger partial charge in [-0.2, -0.15) is 0 Å². The Morgan fingerprint density at radius 2 is 1.16 bits per heavy atom. The average molecular weight is 774 g/mol. The number of rotatable bonds is 6. The highest BCUT2D eigenvalue weighted by Crippen LogP contribution is 2.40. The number of carbonyl (C=O) groups excluding carboxylic acids is 3. The van der Waals surface area contributed by atoms with Gasteiger partial charge in [0.15, 0.2) is 23.1 Å². The second-order valence-electron chi connectivity index (χ2n) is 15.3. The van der Waals surface area contributed by atoms with Crippen LogP contribution in [0.15, 0.2) is 73.1 Å². The zero-order valence-corrected chi connectivity index (χ0v) is 31.7. The van der Waals surface area contributed by atoms with Gasteiger partial charge in [-0.1, -0.05) is 12.1 Å². The molecule has 0 spiro atoms. The van der Waals surface area contributed by atoms with Gasteiger partial charge in [-0.3, -0.25) is 25.2 Å². The maximum atomic E-state index is 13.1. The van der Waals surface area contributed by atoms with Crippen LogP contribution in [-0.2, 0) is 0 Å². The smallest absolute Gasteiger partial charge is 0.354 e. The standard InChI is InChI=1S/C21H23N5O2.C17H17N5O3.C3H7N/c27-18(12-14-6-7-14)16-8-9-17-20(23-16)26(15-4-3-11-25(17)13-15)21(28)24-19-5-1-2-10-22-19;23-16(24)12-6-7-13-15(19-12)22(11-4-3-9-21(13)10-11)17(25)20-14-5-1-2-8-18-14;4-3-1-2-3/h1-2,5,8-10,14-15H,3-4,6-7,11-13H2,(H,22,24,28);1-2,5-8,11H,3-4,9-10H2,(H,23,24)(H,18,20,25);3H,1-2,4H2/t15-;11-;/m00./s1. The molecule has 4 fully saturated rings. The summed E-state index contributed by atoms with van der Waals surface area (Å²) in [7, 11) is 0. The predicted molar refractivity (Wildman–Crippen MR) is 216 cm³/mol. The van der Waals surface area contributed by atoms with E-state index in [0.29, 0.717) is 47.3 Å². The van der Waals surface area contributed by atoms with Crippen molar-refractivity contribution in [2.45, 2.75) is 75.9 Å². The summed E-state index contributed by atoms with van der Waals surface area (Å²) in [4.78, 5) is 74.9. The summed E-state index contributed by atoms with van der Waals surface area (Å²) in [5, 5.41) is 14.9. The molecular weight excluding hydrogens is 727 g/mol. The first kappa shape index (κ1) is 37.7. The first-order valence-electron chi connectivity index (χ1n) is 19.8. The van der Waals surface area contributed by atoms with Crippen LogP contribution in [0.3, 0.4) is 0 Å². The van der Waals surface area contributed by atoms with Crippen molar-refractivity contribution in [3.8, 4) is 0 Å². The molecule has 57 heavy (non-hydrogen) atoms. The molecule has 6 aliphatic rings. The lowest BCUT2D eigenvalue weighted by atomic mass is 9.99. The number of piperidine rings is 2. The van der Waals surface area contributed by atoms with Crippen LogP contribution in [0, 0.1) is 5.92 Å². The van der Waals surface area contributed by atoms with Gasteiger partial charge in [-0.25, -0.2) is 34.3 Å². The van der Waals surface area contributed by atoms with Crippen molar-refractivity contribution in [3.05, 3.63) is 84.4 Å². The predicted octanol–water partition coefficient (Wildman–Crippen LogP) is 5.78. The lowest BCUT2D eigenvalue weighted by Crippen LogP contribution is -2.56. The minimum Gasteiger partial charge on any atom is -0.477 e. The van der Waals surface area contributed by atoms with Crippen LogP contribution >= 0.6 is 0 Å².